The topological polar surface area (TPSA) is 0 Å². The van der Waals surface area contributed by atoms with Gasteiger partial charge < -0.3 is 0 Å². The van der Waals surface area contributed by atoms with Gasteiger partial charge in [-0.15, -0.1) is 0 Å². The zero-order valence-electron chi connectivity index (χ0n) is 17.3. The van der Waals surface area contributed by atoms with Crippen molar-refractivity contribution in [3.63, 3.8) is 0 Å². The van der Waals surface area contributed by atoms with Crippen LogP contribution in [-0.2, 0) is 19.3 Å². The molecule has 0 saturated heterocycles. The lowest BCUT2D eigenvalue weighted by Gasteiger charge is -2.29. The fourth-order valence-corrected chi connectivity index (χ4v) is 5.48. The van der Waals surface area contributed by atoms with Crippen LogP contribution < -0.4 is 0 Å². The first kappa shape index (κ1) is 18.8. The number of fused-ring (bicyclic) bond motifs is 1. The minimum atomic E-state index is 0.708. The Morgan fingerprint density at radius 1 is 0.741 bits per heavy atom. The first-order chi connectivity index (χ1) is 13.3. The summed E-state index contributed by atoms with van der Waals surface area (Å²) in [7, 11) is 0. The third kappa shape index (κ3) is 4.31. The maximum Gasteiger partial charge on any atom is -0.0118 e. The molecule has 0 heteroatoms. The minimum absolute atomic E-state index is 0.708. The van der Waals surface area contributed by atoms with Gasteiger partial charge in [0, 0.05) is 0 Å². The molecule has 0 nitrogen and oxygen atoms in total. The molecule has 0 amide bonds. The highest BCUT2D eigenvalue weighted by atomic mass is 14.3. The molecule has 0 heterocycles. The van der Waals surface area contributed by atoms with Crippen LogP contribution in [0.1, 0.15) is 98.4 Å². The van der Waals surface area contributed by atoms with Crippen molar-refractivity contribution in [3.8, 4) is 0 Å². The van der Waals surface area contributed by atoms with Crippen molar-refractivity contribution in [2.45, 2.75) is 89.9 Å². The molecule has 1 saturated carbocycles. The maximum atomic E-state index is 2.48. The fraction of sp³-hybridized carbons (Fsp3) is 0.556. The Labute approximate surface area is 166 Å². The van der Waals surface area contributed by atoms with Gasteiger partial charge in [0.25, 0.3) is 0 Å². The molecule has 2 aliphatic carbocycles. The molecular formula is C27H36. The molecule has 27 heavy (non-hydrogen) atoms. The van der Waals surface area contributed by atoms with E-state index in [0.717, 1.165) is 11.8 Å². The van der Waals surface area contributed by atoms with Crippen LogP contribution in [0.15, 0.2) is 42.5 Å². The Hall–Kier alpha value is -1.56. The predicted octanol–water partition coefficient (Wildman–Crippen LogP) is 7.60. The molecule has 2 aliphatic rings. The van der Waals surface area contributed by atoms with Crippen LogP contribution in [0.2, 0.25) is 0 Å². The smallest absolute Gasteiger partial charge is 0.0118 e. The average molecular weight is 361 g/mol. The molecule has 0 bridgehead atoms. The first-order valence-corrected chi connectivity index (χ1v) is 11.5. The Morgan fingerprint density at radius 2 is 1.44 bits per heavy atom. The van der Waals surface area contributed by atoms with Crippen LogP contribution >= 0.6 is 0 Å². The van der Waals surface area contributed by atoms with E-state index in [1.807, 2.05) is 0 Å². The van der Waals surface area contributed by atoms with Crippen LogP contribution in [0.25, 0.3) is 0 Å². The standard InChI is InChI=1S/C27H36/c1-3-5-21-8-11-27-19-26(17-16-25(27)18-21)24-14-12-23(13-15-24)22-9-6-20(4-2)7-10-22/h8,11-15,18,20,22,26H,3-7,9-10,16-17,19H2,1-2H3. The van der Waals surface area contributed by atoms with Gasteiger partial charge in [-0.2, -0.15) is 0 Å². The molecule has 1 fully saturated rings. The summed E-state index contributed by atoms with van der Waals surface area (Å²) in [6.07, 6.45) is 13.3. The number of benzene rings is 2. The lowest BCUT2D eigenvalue weighted by Crippen LogP contribution is -2.14. The Balaban J connectivity index is 1.41. The summed E-state index contributed by atoms with van der Waals surface area (Å²) < 4.78 is 0. The van der Waals surface area contributed by atoms with Crippen molar-refractivity contribution in [1.82, 2.24) is 0 Å². The summed E-state index contributed by atoms with van der Waals surface area (Å²) in [5, 5.41) is 0. The third-order valence-electron chi connectivity index (χ3n) is 7.34. The predicted molar refractivity (Wildman–Crippen MR) is 117 cm³/mol. The van der Waals surface area contributed by atoms with E-state index in [4.69, 9.17) is 0 Å². The van der Waals surface area contributed by atoms with Gasteiger partial charge in [-0.3, -0.25) is 0 Å². The van der Waals surface area contributed by atoms with E-state index < -0.39 is 0 Å². The van der Waals surface area contributed by atoms with E-state index in [2.05, 4.69) is 56.3 Å². The van der Waals surface area contributed by atoms with Crippen molar-refractivity contribution in [2.24, 2.45) is 5.92 Å². The van der Waals surface area contributed by atoms with Gasteiger partial charge in [0.2, 0.25) is 0 Å². The van der Waals surface area contributed by atoms with Crippen LogP contribution in [-0.4, -0.2) is 0 Å². The van der Waals surface area contributed by atoms with Gasteiger partial charge in [0.15, 0.2) is 0 Å². The second-order valence-corrected chi connectivity index (χ2v) is 9.09. The molecule has 0 spiro atoms. The summed E-state index contributed by atoms with van der Waals surface area (Å²) in [5.41, 5.74) is 7.88. The van der Waals surface area contributed by atoms with Gasteiger partial charge in [-0.1, -0.05) is 69.2 Å². The fourth-order valence-electron chi connectivity index (χ4n) is 5.48. The molecular weight excluding hydrogens is 324 g/mol. The normalized spacial score (nSPS) is 25.2. The van der Waals surface area contributed by atoms with Gasteiger partial charge in [-0.05, 0) is 96.9 Å². The molecule has 0 aliphatic heterocycles. The van der Waals surface area contributed by atoms with E-state index in [-0.39, 0.29) is 0 Å². The molecule has 144 valence electrons. The summed E-state index contributed by atoms with van der Waals surface area (Å²) in [4.78, 5) is 0. The summed E-state index contributed by atoms with van der Waals surface area (Å²) in [6, 6.07) is 17.0. The van der Waals surface area contributed by atoms with Gasteiger partial charge in [0.1, 0.15) is 0 Å². The second kappa shape index (κ2) is 8.63. The van der Waals surface area contributed by atoms with Gasteiger partial charge in [0.05, 0.1) is 0 Å². The summed E-state index contributed by atoms with van der Waals surface area (Å²) in [5.74, 6) is 2.51. The van der Waals surface area contributed by atoms with Crippen LogP contribution in [0.4, 0.5) is 0 Å². The van der Waals surface area contributed by atoms with Crippen LogP contribution in [0.3, 0.4) is 0 Å². The lowest BCUT2D eigenvalue weighted by atomic mass is 9.76. The average Bonchev–Trinajstić information content (AvgIpc) is 2.74. The zero-order valence-corrected chi connectivity index (χ0v) is 17.3. The second-order valence-electron chi connectivity index (χ2n) is 9.09. The highest BCUT2D eigenvalue weighted by Gasteiger charge is 2.23. The molecule has 4 rings (SSSR count). The zero-order chi connectivity index (χ0) is 18.6. The largest absolute Gasteiger partial charge is 0.0651 e. The summed E-state index contributed by atoms with van der Waals surface area (Å²) in [6.45, 7) is 4.63. The molecule has 0 N–H and O–H groups in total. The van der Waals surface area contributed by atoms with Crippen molar-refractivity contribution in [1.29, 1.82) is 0 Å². The molecule has 1 unspecified atom stereocenters. The van der Waals surface area contributed by atoms with Crippen molar-refractivity contribution in [2.75, 3.05) is 0 Å². The molecule has 2 aromatic carbocycles. The quantitative estimate of drug-likeness (QED) is 0.515. The maximum absolute atomic E-state index is 2.48. The first-order valence-electron chi connectivity index (χ1n) is 11.5. The number of hydrogen-bond donors (Lipinski definition) is 0. The van der Waals surface area contributed by atoms with E-state index in [9.17, 15) is 0 Å². The van der Waals surface area contributed by atoms with Crippen LogP contribution in [0, 0.1) is 5.92 Å². The van der Waals surface area contributed by atoms with Crippen molar-refractivity contribution < 1.29 is 0 Å². The van der Waals surface area contributed by atoms with Crippen molar-refractivity contribution >= 4 is 0 Å². The number of hydrogen-bond acceptors (Lipinski definition) is 0. The van der Waals surface area contributed by atoms with E-state index >= 15 is 0 Å². The third-order valence-corrected chi connectivity index (χ3v) is 7.34. The molecule has 1 atom stereocenters. The molecule has 0 radical (unpaired) electrons. The van der Waals surface area contributed by atoms with Gasteiger partial charge in [-0.25, -0.2) is 0 Å². The van der Waals surface area contributed by atoms with Gasteiger partial charge >= 0.3 is 0 Å². The number of rotatable bonds is 5. The SMILES string of the molecule is CCCc1ccc2c(c1)CCC(c1ccc(C3CCC(CC)CC3)cc1)C2. The Bertz CT molecular complexity index is 731. The summed E-state index contributed by atoms with van der Waals surface area (Å²) >= 11 is 0. The highest BCUT2D eigenvalue weighted by molar-refractivity contribution is 5.38. The number of aryl methyl sites for hydroxylation is 2. The lowest BCUT2D eigenvalue weighted by molar-refractivity contribution is 0.319. The Morgan fingerprint density at radius 3 is 2.11 bits per heavy atom. The van der Waals surface area contributed by atoms with E-state index in [1.165, 1.54) is 69.8 Å². The van der Waals surface area contributed by atoms with E-state index in [0.29, 0.717) is 5.92 Å². The molecule has 0 aromatic heterocycles. The highest BCUT2D eigenvalue weighted by Crippen LogP contribution is 2.38. The van der Waals surface area contributed by atoms with Crippen molar-refractivity contribution in [3.05, 3.63) is 70.3 Å². The minimum Gasteiger partial charge on any atom is -0.0651 e. The van der Waals surface area contributed by atoms with Crippen LogP contribution in [0.5, 0.6) is 0 Å². The van der Waals surface area contributed by atoms with E-state index in [1.54, 1.807) is 22.3 Å². The Kier molecular flexibility index (Phi) is 6.01. The molecule has 2 aromatic rings. The monoisotopic (exact) mass is 360 g/mol.